The number of rotatable bonds is 6. The molecule has 1 aliphatic heterocycles. The van der Waals surface area contributed by atoms with Gasteiger partial charge in [0.2, 0.25) is 11.8 Å². The van der Waals surface area contributed by atoms with Crippen LogP contribution < -0.4 is 5.32 Å². The standard InChI is InChI=1S/C19H29N3O3/c1-4-10-21(11-5-2)19(25)20-12(3)22-17(23)15-13-6-7-14(9-8-13)16(15)18(22)24/h6-7,12-16H,4-5,8-11H2,1-3H3,(H,20,25)/t12-,13+,14+,15-,16+/m1/s1. The Morgan fingerprint density at radius 1 is 1.12 bits per heavy atom. The highest BCUT2D eigenvalue weighted by Crippen LogP contribution is 2.49. The number of urea groups is 1. The third kappa shape index (κ3) is 3.07. The molecule has 4 rings (SSSR count). The number of likely N-dealkylation sites (tertiary alicyclic amines) is 1. The van der Waals surface area contributed by atoms with Crippen LogP contribution in [-0.4, -0.2) is 46.9 Å². The van der Waals surface area contributed by atoms with E-state index in [-0.39, 0.29) is 41.5 Å². The van der Waals surface area contributed by atoms with Crippen molar-refractivity contribution in [2.75, 3.05) is 13.1 Å². The zero-order valence-corrected chi connectivity index (χ0v) is 15.4. The molecular weight excluding hydrogens is 318 g/mol. The van der Waals surface area contributed by atoms with Gasteiger partial charge in [-0.25, -0.2) is 4.79 Å². The van der Waals surface area contributed by atoms with Crippen molar-refractivity contribution in [3.63, 3.8) is 0 Å². The Bertz CT molecular complexity index is 550. The molecule has 4 aliphatic rings. The fourth-order valence-electron chi connectivity index (χ4n) is 4.67. The fourth-order valence-corrected chi connectivity index (χ4v) is 4.67. The van der Waals surface area contributed by atoms with E-state index in [1.165, 1.54) is 4.90 Å². The van der Waals surface area contributed by atoms with Crippen molar-refractivity contribution in [3.05, 3.63) is 12.2 Å². The van der Waals surface area contributed by atoms with Gasteiger partial charge in [-0.05, 0) is 44.4 Å². The van der Waals surface area contributed by atoms with Crippen molar-refractivity contribution in [1.82, 2.24) is 15.1 Å². The van der Waals surface area contributed by atoms with E-state index < -0.39 is 6.17 Å². The molecule has 0 spiro atoms. The molecule has 2 bridgehead atoms. The van der Waals surface area contributed by atoms with Crippen molar-refractivity contribution in [2.45, 2.75) is 52.6 Å². The molecule has 0 aromatic rings. The molecule has 138 valence electrons. The molecule has 0 aromatic carbocycles. The molecule has 5 atom stereocenters. The molecule has 0 radical (unpaired) electrons. The van der Waals surface area contributed by atoms with Crippen LogP contribution in [0, 0.1) is 23.7 Å². The first-order valence-corrected chi connectivity index (χ1v) is 9.60. The predicted molar refractivity (Wildman–Crippen MR) is 94.3 cm³/mol. The Hall–Kier alpha value is -1.85. The molecular formula is C19H29N3O3. The van der Waals surface area contributed by atoms with Crippen molar-refractivity contribution < 1.29 is 14.4 Å². The van der Waals surface area contributed by atoms with Gasteiger partial charge in [0.05, 0.1) is 11.8 Å². The van der Waals surface area contributed by atoms with E-state index in [0.29, 0.717) is 13.1 Å². The molecule has 1 N–H and O–H groups in total. The van der Waals surface area contributed by atoms with Crippen LogP contribution in [-0.2, 0) is 9.59 Å². The van der Waals surface area contributed by atoms with Crippen LogP contribution in [0.15, 0.2) is 12.2 Å². The van der Waals surface area contributed by atoms with Gasteiger partial charge < -0.3 is 10.2 Å². The summed E-state index contributed by atoms with van der Waals surface area (Å²) in [5.74, 6) is -0.318. The third-order valence-electron chi connectivity index (χ3n) is 5.79. The molecule has 0 aromatic heterocycles. The minimum atomic E-state index is -0.603. The maximum atomic E-state index is 12.9. The number of amides is 4. The van der Waals surface area contributed by atoms with Crippen molar-refractivity contribution >= 4 is 17.8 Å². The first kappa shape index (κ1) is 18.0. The Kier molecular flexibility index (Phi) is 5.16. The highest BCUT2D eigenvalue weighted by molar-refractivity contribution is 6.06. The monoisotopic (exact) mass is 347 g/mol. The lowest BCUT2D eigenvalue weighted by Crippen LogP contribution is -2.53. The molecule has 1 heterocycles. The topological polar surface area (TPSA) is 69.7 Å². The number of fused-ring (bicyclic) bond motifs is 1. The summed E-state index contributed by atoms with van der Waals surface area (Å²) in [5, 5.41) is 2.86. The minimum absolute atomic E-state index is 0.112. The lowest BCUT2D eigenvalue weighted by molar-refractivity contribution is -0.142. The van der Waals surface area contributed by atoms with Gasteiger partial charge >= 0.3 is 6.03 Å². The fraction of sp³-hybridized carbons (Fsp3) is 0.737. The van der Waals surface area contributed by atoms with E-state index in [2.05, 4.69) is 17.5 Å². The van der Waals surface area contributed by atoms with Gasteiger partial charge in [-0.15, -0.1) is 0 Å². The van der Waals surface area contributed by atoms with E-state index in [4.69, 9.17) is 0 Å². The van der Waals surface area contributed by atoms with E-state index in [9.17, 15) is 14.4 Å². The second-order valence-electron chi connectivity index (χ2n) is 7.50. The van der Waals surface area contributed by atoms with Gasteiger partial charge in [0.1, 0.15) is 6.17 Å². The minimum Gasteiger partial charge on any atom is -0.325 e. The molecule has 1 saturated heterocycles. The van der Waals surface area contributed by atoms with E-state index >= 15 is 0 Å². The van der Waals surface area contributed by atoms with Gasteiger partial charge in [0.25, 0.3) is 0 Å². The second kappa shape index (κ2) is 7.18. The lowest BCUT2D eigenvalue weighted by Gasteiger charge is -2.38. The van der Waals surface area contributed by atoms with Crippen LogP contribution in [0.25, 0.3) is 0 Å². The average Bonchev–Trinajstić information content (AvgIpc) is 2.89. The highest BCUT2D eigenvalue weighted by atomic mass is 16.2. The number of hydrogen-bond acceptors (Lipinski definition) is 3. The van der Waals surface area contributed by atoms with Gasteiger partial charge in [-0.3, -0.25) is 14.5 Å². The summed E-state index contributed by atoms with van der Waals surface area (Å²) < 4.78 is 0. The van der Waals surface area contributed by atoms with Gasteiger partial charge in [0, 0.05) is 13.1 Å². The molecule has 0 unspecified atom stereocenters. The van der Waals surface area contributed by atoms with Crippen LogP contribution in [0.1, 0.15) is 46.5 Å². The molecule has 2 fully saturated rings. The van der Waals surface area contributed by atoms with Crippen LogP contribution >= 0.6 is 0 Å². The average molecular weight is 347 g/mol. The van der Waals surface area contributed by atoms with Crippen molar-refractivity contribution in [1.29, 1.82) is 0 Å². The first-order valence-electron chi connectivity index (χ1n) is 9.60. The number of nitrogens with one attached hydrogen (secondary N) is 1. The largest absolute Gasteiger partial charge is 0.325 e. The maximum absolute atomic E-state index is 12.9. The SMILES string of the molecule is CCCN(CCC)C(=O)N[C@@H](C)N1C(=O)[C@@H]2[C@H](C1=O)[C@H]1C=C[C@H]2CC1. The van der Waals surface area contributed by atoms with E-state index in [1.54, 1.807) is 11.8 Å². The number of allylic oxidation sites excluding steroid dienone is 2. The number of nitrogens with zero attached hydrogens (tertiary/aromatic N) is 2. The van der Waals surface area contributed by atoms with Crippen LogP contribution in [0.3, 0.4) is 0 Å². The third-order valence-corrected chi connectivity index (χ3v) is 5.79. The second-order valence-corrected chi connectivity index (χ2v) is 7.50. The highest BCUT2D eigenvalue weighted by Gasteiger charge is 2.57. The van der Waals surface area contributed by atoms with E-state index in [1.807, 2.05) is 13.8 Å². The van der Waals surface area contributed by atoms with E-state index in [0.717, 1.165) is 25.7 Å². The number of carbonyl (C=O) groups excluding carboxylic acids is 3. The zero-order valence-electron chi connectivity index (χ0n) is 15.4. The van der Waals surface area contributed by atoms with Gasteiger partial charge in [0.15, 0.2) is 0 Å². The molecule has 3 aliphatic carbocycles. The number of carbonyl (C=O) groups is 3. The first-order chi connectivity index (χ1) is 12.0. The number of hydrogen-bond donors (Lipinski definition) is 1. The smallest absolute Gasteiger partial charge is 0.319 e. The van der Waals surface area contributed by atoms with Crippen LogP contribution in [0.4, 0.5) is 4.79 Å². The Balaban J connectivity index is 1.70. The molecule has 4 amide bonds. The van der Waals surface area contributed by atoms with Gasteiger partial charge in [-0.2, -0.15) is 0 Å². The maximum Gasteiger partial charge on any atom is 0.319 e. The summed E-state index contributed by atoms with van der Waals surface area (Å²) >= 11 is 0. The number of imide groups is 1. The van der Waals surface area contributed by atoms with Crippen molar-refractivity contribution in [3.8, 4) is 0 Å². The van der Waals surface area contributed by atoms with Crippen molar-refractivity contribution in [2.24, 2.45) is 23.7 Å². The summed E-state index contributed by atoms with van der Waals surface area (Å²) in [6.45, 7) is 7.14. The molecule has 25 heavy (non-hydrogen) atoms. The Morgan fingerprint density at radius 2 is 1.60 bits per heavy atom. The summed E-state index contributed by atoms with van der Waals surface area (Å²) in [5.41, 5.74) is 0. The van der Waals surface area contributed by atoms with Gasteiger partial charge in [-0.1, -0.05) is 26.0 Å². The lowest BCUT2D eigenvalue weighted by atomic mass is 9.63. The summed E-state index contributed by atoms with van der Waals surface area (Å²) in [7, 11) is 0. The zero-order chi connectivity index (χ0) is 18.1. The molecule has 1 saturated carbocycles. The molecule has 6 nitrogen and oxygen atoms in total. The normalized spacial score (nSPS) is 31.2. The summed E-state index contributed by atoms with van der Waals surface area (Å²) in [4.78, 5) is 41.4. The predicted octanol–water partition coefficient (Wildman–Crippen LogP) is 2.36. The Morgan fingerprint density at radius 3 is 2.00 bits per heavy atom. The van der Waals surface area contributed by atoms with Crippen LogP contribution in [0.5, 0.6) is 0 Å². The molecule has 6 heteroatoms. The quantitative estimate of drug-likeness (QED) is 0.592. The van der Waals surface area contributed by atoms with Crippen LogP contribution in [0.2, 0.25) is 0 Å². The Labute approximate surface area is 149 Å². The summed E-state index contributed by atoms with van der Waals surface area (Å²) in [6.07, 6.45) is 7.33. The summed E-state index contributed by atoms with van der Waals surface area (Å²) in [6, 6.07) is -0.201.